The van der Waals surface area contributed by atoms with Gasteiger partial charge in [-0.2, -0.15) is 0 Å². The number of hydrogen-bond acceptors (Lipinski definition) is 3. The number of carbonyl (C=O) groups excluding carboxylic acids is 1. The molecule has 0 aliphatic heterocycles. The molecule has 1 rings (SSSR count). The Morgan fingerprint density at radius 1 is 1.36 bits per heavy atom. The summed E-state index contributed by atoms with van der Waals surface area (Å²) in [6, 6.07) is 9.51. The molecule has 0 spiro atoms. The molecular weight excluding hydrogens is 178 g/mol. The van der Waals surface area contributed by atoms with E-state index in [0.29, 0.717) is 5.70 Å². The molecule has 0 atom stereocenters. The standard InChI is InChI=1S/C11H13NO2/c1-9(11(13)14-3)12(2)10-7-5-4-6-8-10/h4-8H,1H2,2-3H3. The van der Waals surface area contributed by atoms with Gasteiger partial charge in [0, 0.05) is 12.7 Å². The van der Waals surface area contributed by atoms with Gasteiger partial charge in [0.25, 0.3) is 0 Å². The Labute approximate surface area is 83.6 Å². The predicted molar refractivity (Wildman–Crippen MR) is 56.0 cm³/mol. The number of benzene rings is 1. The van der Waals surface area contributed by atoms with Crippen LogP contribution < -0.4 is 4.90 Å². The van der Waals surface area contributed by atoms with E-state index in [-0.39, 0.29) is 0 Å². The molecule has 1 aromatic rings. The van der Waals surface area contributed by atoms with E-state index >= 15 is 0 Å². The fourth-order valence-corrected chi connectivity index (χ4v) is 1.06. The van der Waals surface area contributed by atoms with Gasteiger partial charge in [0.05, 0.1) is 7.11 Å². The highest BCUT2D eigenvalue weighted by molar-refractivity contribution is 5.91. The lowest BCUT2D eigenvalue weighted by Crippen LogP contribution is -2.22. The van der Waals surface area contributed by atoms with Gasteiger partial charge in [-0.3, -0.25) is 0 Å². The number of carbonyl (C=O) groups is 1. The third kappa shape index (κ3) is 2.13. The van der Waals surface area contributed by atoms with Crippen molar-refractivity contribution in [3.63, 3.8) is 0 Å². The first-order chi connectivity index (χ1) is 6.66. The van der Waals surface area contributed by atoms with E-state index in [4.69, 9.17) is 0 Å². The lowest BCUT2D eigenvalue weighted by Gasteiger charge is -2.19. The van der Waals surface area contributed by atoms with Gasteiger partial charge < -0.3 is 9.64 Å². The number of esters is 1. The summed E-state index contributed by atoms with van der Waals surface area (Å²) in [6.45, 7) is 3.65. The maximum atomic E-state index is 11.2. The van der Waals surface area contributed by atoms with Gasteiger partial charge in [-0.05, 0) is 12.1 Å². The van der Waals surface area contributed by atoms with Crippen LogP contribution >= 0.6 is 0 Å². The van der Waals surface area contributed by atoms with Gasteiger partial charge in [0.15, 0.2) is 0 Å². The topological polar surface area (TPSA) is 29.5 Å². The Morgan fingerprint density at radius 3 is 2.43 bits per heavy atom. The Kier molecular flexibility index (Phi) is 3.29. The van der Waals surface area contributed by atoms with Crippen molar-refractivity contribution < 1.29 is 9.53 Å². The third-order valence-electron chi connectivity index (χ3n) is 1.97. The first-order valence-corrected chi connectivity index (χ1v) is 4.23. The van der Waals surface area contributed by atoms with Gasteiger partial charge in [-0.15, -0.1) is 0 Å². The maximum Gasteiger partial charge on any atom is 0.354 e. The van der Waals surface area contributed by atoms with E-state index in [1.54, 1.807) is 11.9 Å². The van der Waals surface area contributed by atoms with Crippen LogP contribution in [0.4, 0.5) is 5.69 Å². The minimum atomic E-state index is -0.420. The molecule has 0 N–H and O–H groups in total. The molecule has 3 nitrogen and oxygen atoms in total. The van der Waals surface area contributed by atoms with Crippen LogP contribution in [0.15, 0.2) is 42.6 Å². The lowest BCUT2D eigenvalue weighted by molar-refractivity contribution is -0.136. The molecular formula is C11H13NO2. The van der Waals surface area contributed by atoms with Gasteiger partial charge >= 0.3 is 5.97 Å². The number of anilines is 1. The molecule has 0 fully saturated rings. The molecule has 0 saturated heterocycles. The number of methoxy groups -OCH3 is 1. The maximum absolute atomic E-state index is 11.2. The highest BCUT2D eigenvalue weighted by Crippen LogP contribution is 2.15. The second-order valence-corrected chi connectivity index (χ2v) is 2.83. The van der Waals surface area contributed by atoms with E-state index in [1.165, 1.54) is 7.11 Å². The monoisotopic (exact) mass is 191 g/mol. The molecule has 0 radical (unpaired) electrons. The first-order valence-electron chi connectivity index (χ1n) is 4.23. The summed E-state index contributed by atoms with van der Waals surface area (Å²) in [5.74, 6) is -0.420. The molecule has 0 amide bonds. The summed E-state index contributed by atoms with van der Waals surface area (Å²) in [6.07, 6.45) is 0. The van der Waals surface area contributed by atoms with Crippen LogP contribution in [0.2, 0.25) is 0 Å². The second-order valence-electron chi connectivity index (χ2n) is 2.83. The fourth-order valence-electron chi connectivity index (χ4n) is 1.06. The zero-order chi connectivity index (χ0) is 10.6. The van der Waals surface area contributed by atoms with Crippen LogP contribution in [-0.2, 0) is 9.53 Å². The van der Waals surface area contributed by atoms with Crippen LogP contribution in [0.5, 0.6) is 0 Å². The zero-order valence-corrected chi connectivity index (χ0v) is 8.36. The van der Waals surface area contributed by atoms with Gasteiger partial charge in [0.2, 0.25) is 0 Å². The van der Waals surface area contributed by atoms with Crippen LogP contribution in [0.1, 0.15) is 0 Å². The molecule has 1 aromatic carbocycles. The quantitative estimate of drug-likeness (QED) is 0.539. The van der Waals surface area contributed by atoms with Crippen molar-refractivity contribution in [3.8, 4) is 0 Å². The summed E-state index contributed by atoms with van der Waals surface area (Å²) >= 11 is 0. The molecule has 0 aliphatic rings. The van der Waals surface area contributed by atoms with Crippen molar-refractivity contribution >= 4 is 11.7 Å². The lowest BCUT2D eigenvalue weighted by atomic mass is 10.3. The largest absolute Gasteiger partial charge is 0.464 e. The number of nitrogens with zero attached hydrogens (tertiary/aromatic N) is 1. The summed E-state index contributed by atoms with van der Waals surface area (Å²) < 4.78 is 4.57. The number of hydrogen-bond donors (Lipinski definition) is 0. The van der Waals surface area contributed by atoms with E-state index in [9.17, 15) is 4.79 Å². The number of ether oxygens (including phenoxy) is 1. The van der Waals surface area contributed by atoms with Crippen molar-refractivity contribution in [2.24, 2.45) is 0 Å². The van der Waals surface area contributed by atoms with E-state index in [1.807, 2.05) is 30.3 Å². The Hall–Kier alpha value is -1.77. The molecule has 0 saturated carbocycles. The van der Waals surface area contributed by atoms with Crippen molar-refractivity contribution in [1.82, 2.24) is 0 Å². The minimum absolute atomic E-state index is 0.318. The van der Waals surface area contributed by atoms with Crippen LogP contribution in [-0.4, -0.2) is 20.1 Å². The summed E-state index contributed by atoms with van der Waals surface area (Å²) in [5, 5.41) is 0. The Balaban J connectivity index is 2.81. The molecule has 0 aromatic heterocycles. The van der Waals surface area contributed by atoms with Crippen molar-refractivity contribution in [2.75, 3.05) is 19.1 Å². The number of para-hydroxylation sites is 1. The third-order valence-corrected chi connectivity index (χ3v) is 1.97. The van der Waals surface area contributed by atoms with Crippen LogP contribution in [0, 0.1) is 0 Å². The van der Waals surface area contributed by atoms with Gasteiger partial charge in [-0.1, -0.05) is 24.8 Å². The van der Waals surface area contributed by atoms with E-state index in [0.717, 1.165) is 5.69 Å². The number of likely N-dealkylation sites (N-methyl/N-ethyl adjacent to an activating group) is 1. The molecule has 0 bridgehead atoms. The molecule has 0 heterocycles. The SMILES string of the molecule is C=C(C(=O)OC)N(C)c1ccccc1. The zero-order valence-electron chi connectivity index (χ0n) is 8.36. The average molecular weight is 191 g/mol. The Bertz CT molecular complexity index is 332. The highest BCUT2D eigenvalue weighted by Gasteiger charge is 2.12. The van der Waals surface area contributed by atoms with Crippen molar-refractivity contribution in [1.29, 1.82) is 0 Å². The molecule has 3 heteroatoms. The smallest absolute Gasteiger partial charge is 0.354 e. The predicted octanol–water partition coefficient (Wildman–Crippen LogP) is 1.81. The molecule has 14 heavy (non-hydrogen) atoms. The minimum Gasteiger partial charge on any atom is -0.464 e. The summed E-state index contributed by atoms with van der Waals surface area (Å²) in [5.41, 5.74) is 1.22. The first kappa shape index (κ1) is 10.3. The Morgan fingerprint density at radius 2 is 1.93 bits per heavy atom. The molecule has 0 aliphatic carbocycles. The van der Waals surface area contributed by atoms with Crippen molar-refractivity contribution in [3.05, 3.63) is 42.6 Å². The fraction of sp³-hybridized carbons (Fsp3) is 0.182. The van der Waals surface area contributed by atoms with E-state index < -0.39 is 5.97 Å². The molecule has 74 valence electrons. The summed E-state index contributed by atoms with van der Waals surface area (Å²) in [4.78, 5) is 12.8. The average Bonchev–Trinajstić information content (AvgIpc) is 2.27. The van der Waals surface area contributed by atoms with Crippen LogP contribution in [0.25, 0.3) is 0 Å². The van der Waals surface area contributed by atoms with Crippen molar-refractivity contribution in [2.45, 2.75) is 0 Å². The molecule has 0 unspecified atom stereocenters. The normalized spacial score (nSPS) is 9.29. The van der Waals surface area contributed by atoms with Gasteiger partial charge in [0.1, 0.15) is 5.70 Å². The van der Waals surface area contributed by atoms with E-state index in [2.05, 4.69) is 11.3 Å². The summed E-state index contributed by atoms with van der Waals surface area (Å²) in [7, 11) is 3.11. The highest BCUT2D eigenvalue weighted by atomic mass is 16.5. The van der Waals surface area contributed by atoms with Crippen LogP contribution in [0.3, 0.4) is 0 Å². The van der Waals surface area contributed by atoms with Gasteiger partial charge in [-0.25, -0.2) is 4.79 Å². The second kappa shape index (κ2) is 4.46. The number of rotatable bonds is 3.